The molecule has 0 spiro atoms. The summed E-state index contributed by atoms with van der Waals surface area (Å²) in [6.07, 6.45) is 1.52. The standard InChI is InChI=1S/C24H25N3O5/c1-15-12-16-6-3-4-7-18(16)27(15)21(28)14-26-22(29)24(2,25-23(26)30)17-8-9-19-20(13-17)32-11-5-10-31-19/h3-4,6-9,13,15H,5,10-12,14H2,1-2H3,(H,25,30)/t15-,24-/m1/s1. The third-order valence-corrected chi connectivity index (χ3v) is 6.37. The molecule has 3 heterocycles. The Balaban J connectivity index is 1.38. The highest BCUT2D eigenvalue weighted by atomic mass is 16.5. The molecule has 3 aliphatic rings. The van der Waals surface area contributed by atoms with E-state index in [1.807, 2.05) is 31.2 Å². The van der Waals surface area contributed by atoms with Gasteiger partial charge in [-0.15, -0.1) is 0 Å². The average molecular weight is 435 g/mol. The highest BCUT2D eigenvalue weighted by Crippen LogP contribution is 2.37. The number of carbonyl (C=O) groups excluding carboxylic acids is 3. The van der Waals surface area contributed by atoms with Crippen LogP contribution in [0.5, 0.6) is 11.5 Å². The summed E-state index contributed by atoms with van der Waals surface area (Å²) in [5, 5.41) is 2.77. The molecule has 1 N–H and O–H groups in total. The molecule has 2 atom stereocenters. The third kappa shape index (κ3) is 3.18. The second-order valence-electron chi connectivity index (χ2n) is 8.60. The Bertz CT molecular complexity index is 1120. The number of urea groups is 1. The van der Waals surface area contributed by atoms with Gasteiger partial charge in [0.2, 0.25) is 5.91 Å². The summed E-state index contributed by atoms with van der Waals surface area (Å²) < 4.78 is 11.4. The molecule has 0 radical (unpaired) electrons. The first-order valence-corrected chi connectivity index (χ1v) is 10.8. The lowest BCUT2D eigenvalue weighted by molar-refractivity contribution is -0.134. The molecule has 2 aromatic carbocycles. The monoisotopic (exact) mass is 435 g/mol. The van der Waals surface area contributed by atoms with Crippen LogP contribution in [-0.2, 0) is 21.5 Å². The van der Waals surface area contributed by atoms with Crippen LogP contribution in [0, 0.1) is 0 Å². The van der Waals surface area contributed by atoms with Gasteiger partial charge in [-0.3, -0.25) is 14.5 Å². The van der Waals surface area contributed by atoms with Crippen LogP contribution in [-0.4, -0.2) is 48.5 Å². The summed E-state index contributed by atoms with van der Waals surface area (Å²) in [4.78, 5) is 42.0. The molecular formula is C24H25N3O5. The summed E-state index contributed by atoms with van der Waals surface area (Å²) in [5.41, 5.74) is 1.21. The molecule has 0 unspecified atom stereocenters. The van der Waals surface area contributed by atoms with E-state index in [9.17, 15) is 14.4 Å². The average Bonchev–Trinajstić information content (AvgIpc) is 3.08. The fourth-order valence-electron chi connectivity index (χ4n) is 4.67. The summed E-state index contributed by atoms with van der Waals surface area (Å²) in [7, 11) is 0. The van der Waals surface area contributed by atoms with Crippen LogP contribution >= 0.6 is 0 Å². The molecule has 4 amide bonds. The van der Waals surface area contributed by atoms with Gasteiger partial charge in [-0.1, -0.05) is 24.3 Å². The first-order valence-electron chi connectivity index (χ1n) is 10.8. The molecule has 0 saturated carbocycles. The van der Waals surface area contributed by atoms with Crippen molar-refractivity contribution in [3.8, 4) is 11.5 Å². The van der Waals surface area contributed by atoms with Gasteiger partial charge >= 0.3 is 6.03 Å². The van der Waals surface area contributed by atoms with Gasteiger partial charge in [0.15, 0.2) is 11.5 Å². The zero-order valence-corrected chi connectivity index (χ0v) is 18.1. The first kappa shape index (κ1) is 20.4. The van der Waals surface area contributed by atoms with Gasteiger partial charge in [-0.05, 0) is 49.6 Å². The van der Waals surface area contributed by atoms with E-state index in [0.29, 0.717) is 30.3 Å². The van der Waals surface area contributed by atoms with Crippen molar-refractivity contribution in [1.29, 1.82) is 0 Å². The number of para-hydroxylation sites is 1. The van der Waals surface area contributed by atoms with Crippen molar-refractivity contribution < 1.29 is 23.9 Å². The number of nitrogens with zero attached hydrogens (tertiary/aromatic N) is 2. The summed E-state index contributed by atoms with van der Waals surface area (Å²) in [6.45, 7) is 4.37. The minimum absolute atomic E-state index is 0.0335. The molecule has 32 heavy (non-hydrogen) atoms. The molecule has 2 aromatic rings. The van der Waals surface area contributed by atoms with Crippen LogP contribution in [0.3, 0.4) is 0 Å². The van der Waals surface area contributed by atoms with E-state index in [2.05, 4.69) is 5.32 Å². The second kappa shape index (κ2) is 7.55. The number of hydrogen-bond acceptors (Lipinski definition) is 5. The Kier molecular flexibility index (Phi) is 4.80. The fourth-order valence-corrected chi connectivity index (χ4v) is 4.67. The maximum atomic E-state index is 13.4. The number of carbonyl (C=O) groups is 3. The van der Waals surface area contributed by atoms with E-state index >= 15 is 0 Å². The number of ether oxygens (including phenoxy) is 2. The Morgan fingerprint density at radius 1 is 1.12 bits per heavy atom. The zero-order chi connectivity index (χ0) is 22.5. The molecule has 166 valence electrons. The van der Waals surface area contributed by atoms with Crippen LogP contribution < -0.4 is 19.7 Å². The van der Waals surface area contributed by atoms with Gasteiger partial charge in [-0.25, -0.2) is 4.79 Å². The molecule has 0 aliphatic carbocycles. The quantitative estimate of drug-likeness (QED) is 0.749. The van der Waals surface area contributed by atoms with Crippen LogP contribution in [0.2, 0.25) is 0 Å². The number of benzene rings is 2. The number of rotatable bonds is 3. The minimum atomic E-state index is -1.30. The van der Waals surface area contributed by atoms with Crippen molar-refractivity contribution in [3.63, 3.8) is 0 Å². The van der Waals surface area contributed by atoms with E-state index in [1.54, 1.807) is 30.0 Å². The van der Waals surface area contributed by atoms with Crippen LogP contribution in [0.1, 0.15) is 31.4 Å². The second-order valence-corrected chi connectivity index (χ2v) is 8.60. The minimum Gasteiger partial charge on any atom is -0.490 e. The van der Waals surface area contributed by atoms with Gasteiger partial charge in [0.05, 0.1) is 13.2 Å². The lowest BCUT2D eigenvalue weighted by atomic mass is 9.91. The molecule has 1 saturated heterocycles. The smallest absolute Gasteiger partial charge is 0.325 e. The highest BCUT2D eigenvalue weighted by Gasteiger charge is 2.50. The van der Waals surface area contributed by atoms with Crippen molar-refractivity contribution in [2.24, 2.45) is 0 Å². The molecule has 3 aliphatic heterocycles. The summed E-state index contributed by atoms with van der Waals surface area (Å²) in [5.74, 6) is 0.403. The molecule has 8 heteroatoms. The summed E-state index contributed by atoms with van der Waals surface area (Å²) in [6, 6.07) is 12.3. The van der Waals surface area contributed by atoms with Gasteiger partial charge in [0.1, 0.15) is 12.1 Å². The molecule has 0 bridgehead atoms. The van der Waals surface area contributed by atoms with E-state index < -0.39 is 17.5 Å². The Morgan fingerprint density at radius 3 is 2.69 bits per heavy atom. The topological polar surface area (TPSA) is 88.2 Å². The van der Waals surface area contributed by atoms with Crippen molar-refractivity contribution in [3.05, 3.63) is 53.6 Å². The fraction of sp³-hybridized carbons (Fsp3) is 0.375. The number of fused-ring (bicyclic) bond motifs is 2. The van der Waals surface area contributed by atoms with E-state index in [0.717, 1.165) is 29.0 Å². The van der Waals surface area contributed by atoms with Crippen LogP contribution in [0.4, 0.5) is 10.5 Å². The van der Waals surface area contributed by atoms with Gasteiger partial charge in [0, 0.05) is 18.2 Å². The van der Waals surface area contributed by atoms with Gasteiger partial charge in [-0.2, -0.15) is 0 Å². The van der Waals surface area contributed by atoms with Crippen molar-refractivity contribution >= 4 is 23.5 Å². The van der Waals surface area contributed by atoms with E-state index in [-0.39, 0.29) is 18.5 Å². The zero-order valence-electron chi connectivity index (χ0n) is 18.1. The predicted octanol–water partition coefficient (Wildman–Crippen LogP) is 2.59. The Labute approximate surface area is 186 Å². The molecule has 1 fully saturated rings. The number of amides is 4. The van der Waals surface area contributed by atoms with Crippen molar-refractivity contribution in [1.82, 2.24) is 10.2 Å². The number of hydrogen-bond donors (Lipinski definition) is 1. The molecule has 0 aromatic heterocycles. The molecule has 8 nitrogen and oxygen atoms in total. The SMILES string of the molecule is C[C@@H]1Cc2ccccc2N1C(=O)CN1C(=O)N[C@](C)(c2ccc3c(c2)OCCCO3)C1=O. The maximum Gasteiger partial charge on any atom is 0.325 e. The normalized spacial score (nSPS) is 24.2. The van der Waals surface area contributed by atoms with Crippen LogP contribution in [0.25, 0.3) is 0 Å². The maximum absolute atomic E-state index is 13.4. The van der Waals surface area contributed by atoms with Gasteiger partial charge in [0.25, 0.3) is 5.91 Å². The largest absolute Gasteiger partial charge is 0.490 e. The Morgan fingerprint density at radius 2 is 1.88 bits per heavy atom. The van der Waals surface area contributed by atoms with Crippen molar-refractivity contribution in [2.45, 2.75) is 38.3 Å². The predicted molar refractivity (Wildman–Crippen MR) is 117 cm³/mol. The van der Waals surface area contributed by atoms with Crippen LogP contribution in [0.15, 0.2) is 42.5 Å². The lowest BCUT2D eigenvalue weighted by Crippen LogP contribution is -2.46. The number of nitrogens with one attached hydrogen (secondary N) is 1. The third-order valence-electron chi connectivity index (χ3n) is 6.37. The van der Waals surface area contributed by atoms with Gasteiger partial charge < -0.3 is 19.7 Å². The Hall–Kier alpha value is -3.55. The lowest BCUT2D eigenvalue weighted by Gasteiger charge is -2.26. The van der Waals surface area contributed by atoms with Crippen molar-refractivity contribution in [2.75, 3.05) is 24.7 Å². The highest BCUT2D eigenvalue weighted by molar-refractivity contribution is 6.11. The first-order chi connectivity index (χ1) is 15.4. The van der Waals surface area contributed by atoms with E-state index in [4.69, 9.17) is 9.47 Å². The number of anilines is 1. The molecule has 5 rings (SSSR count). The van der Waals surface area contributed by atoms with E-state index in [1.165, 1.54) is 0 Å². The number of imide groups is 1. The summed E-state index contributed by atoms with van der Waals surface area (Å²) >= 11 is 0. The molecular weight excluding hydrogens is 410 g/mol.